The highest BCUT2D eigenvalue weighted by atomic mass is 14.9. The Balaban J connectivity index is 2.86. The molecule has 2 nitrogen and oxygen atoms in total. The van der Waals surface area contributed by atoms with E-state index in [2.05, 4.69) is 36.3 Å². The molecule has 0 aromatic carbocycles. The van der Waals surface area contributed by atoms with Crippen LogP contribution in [-0.2, 0) is 0 Å². The number of hydrogen-bond acceptors (Lipinski definition) is 2. The lowest BCUT2D eigenvalue weighted by molar-refractivity contribution is 0.442. The van der Waals surface area contributed by atoms with Gasteiger partial charge in [-0.05, 0) is 31.5 Å². The minimum Gasteiger partial charge on any atom is -0.313 e. The molecule has 1 heterocycles. The van der Waals surface area contributed by atoms with Crippen molar-refractivity contribution in [1.82, 2.24) is 10.3 Å². The topological polar surface area (TPSA) is 24.9 Å². The zero-order chi connectivity index (χ0) is 9.84. The second-order valence-corrected chi connectivity index (χ2v) is 3.74. The van der Waals surface area contributed by atoms with Crippen LogP contribution in [0.4, 0.5) is 0 Å². The van der Waals surface area contributed by atoms with E-state index >= 15 is 0 Å². The van der Waals surface area contributed by atoms with Gasteiger partial charge in [-0.25, -0.2) is 0 Å². The molecule has 1 atom stereocenters. The average molecular weight is 178 g/mol. The minimum atomic E-state index is 0.410. The van der Waals surface area contributed by atoms with Crippen molar-refractivity contribution >= 4 is 0 Å². The van der Waals surface area contributed by atoms with E-state index in [1.54, 1.807) is 0 Å². The predicted octanol–water partition coefficient (Wildman–Crippen LogP) is 2.31. The number of hydrogen-bond donors (Lipinski definition) is 1. The van der Waals surface area contributed by atoms with Crippen molar-refractivity contribution in [2.24, 2.45) is 5.92 Å². The zero-order valence-corrected chi connectivity index (χ0v) is 8.83. The van der Waals surface area contributed by atoms with Crippen molar-refractivity contribution in [3.63, 3.8) is 0 Å². The van der Waals surface area contributed by atoms with Crippen molar-refractivity contribution in [3.8, 4) is 0 Å². The smallest absolute Gasteiger partial charge is 0.0372 e. The van der Waals surface area contributed by atoms with Gasteiger partial charge in [0.05, 0.1) is 0 Å². The molecule has 72 valence electrons. The van der Waals surface area contributed by atoms with E-state index in [1.807, 2.05) is 20.2 Å². The fourth-order valence-electron chi connectivity index (χ4n) is 1.55. The number of nitrogens with one attached hydrogen (secondary N) is 1. The van der Waals surface area contributed by atoms with Crippen LogP contribution >= 0.6 is 0 Å². The first-order valence-corrected chi connectivity index (χ1v) is 4.75. The summed E-state index contributed by atoms with van der Waals surface area (Å²) in [6, 6.07) is 4.61. The summed E-state index contributed by atoms with van der Waals surface area (Å²) in [7, 11) is 1.99. The maximum Gasteiger partial charge on any atom is 0.0372 e. The van der Waals surface area contributed by atoms with Crippen molar-refractivity contribution in [1.29, 1.82) is 0 Å². The number of rotatable bonds is 3. The van der Waals surface area contributed by atoms with E-state index in [-0.39, 0.29) is 0 Å². The first kappa shape index (κ1) is 10.2. The minimum absolute atomic E-state index is 0.410. The molecule has 1 N–H and O–H groups in total. The zero-order valence-electron chi connectivity index (χ0n) is 8.83. The highest BCUT2D eigenvalue weighted by Gasteiger charge is 2.12. The molecule has 13 heavy (non-hydrogen) atoms. The van der Waals surface area contributed by atoms with E-state index in [4.69, 9.17) is 0 Å². The van der Waals surface area contributed by atoms with Gasteiger partial charge in [0.15, 0.2) is 0 Å². The number of pyridine rings is 1. The van der Waals surface area contributed by atoms with Crippen LogP contribution < -0.4 is 5.32 Å². The molecular formula is C11H18N2. The lowest BCUT2D eigenvalue weighted by atomic mass is 9.97. The molecule has 1 aromatic heterocycles. The molecular weight excluding hydrogens is 160 g/mol. The maximum atomic E-state index is 4.29. The summed E-state index contributed by atoms with van der Waals surface area (Å²) in [5.41, 5.74) is 2.34. The first-order chi connectivity index (χ1) is 6.15. The van der Waals surface area contributed by atoms with E-state index in [0.717, 1.165) is 5.69 Å². The molecule has 1 unspecified atom stereocenters. The van der Waals surface area contributed by atoms with Crippen LogP contribution in [0.25, 0.3) is 0 Å². The summed E-state index contributed by atoms with van der Waals surface area (Å²) >= 11 is 0. The van der Waals surface area contributed by atoms with Crippen molar-refractivity contribution in [2.45, 2.75) is 26.8 Å². The van der Waals surface area contributed by atoms with Crippen LogP contribution in [0.1, 0.15) is 31.1 Å². The Bertz CT molecular complexity index is 251. The third-order valence-corrected chi connectivity index (χ3v) is 2.27. The van der Waals surface area contributed by atoms with Crippen molar-refractivity contribution in [3.05, 3.63) is 29.6 Å². The molecule has 0 aliphatic heterocycles. The van der Waals surface area contributed by atoms with Crippen LogP contribution in [0.5, 0.6) is 0 Å². The van der Waals surface area contributed by atoms with Crippen LogP contribution in [0.3, 0.4) is 0 Å². The van der Waals surface area contributed by atoms with E-state index in [1.165, 1.54) is 5.56 Å². The summed E-state index contributed by atoms with van der Waals surface area (Å²) < 4.78 is 0. The molecule has 0 bridgehead atoms. The lowest BCUT2D eigenvalue weighted by Gasteiger charge is -2.20. The number of aryl methyl sites for hydroxylation is 1. The summed E-state index contributed by atoms with van der Waals surface area (Å²) in [6.45, 7) is 6.43. The number of nitrogens with zero attached hydrogens (tertiary/aromatic N) is 1. The van der Waals surface area contributed by atoms with Gasteiger partial charge in [-0.3, -0.25) is 4.98 Å². The van der Waals surface area contributed by atoms with Gasteiger partial charge in [-0.2, -0.15) is 0 Å². The predicted molar refractivity (Wildman–Crippen MR) is 55.6 cm³/mol. The van der Waals surface area contributed by atoms with Crippen LogP contribution in [0.2, 0.25) is 0 Å². The molecule has 0 amide bonds. The van der Waals surface area contributed by atoms with Gasteiger partial charge in [-0.1, -0.05) is 19.9 Å². The van der Waals surface area contributed by atoms with E-state index < -0.39 is 0 Å². The van der Waals surface area contributed by atoms with Gasteiger partial charge < -0.3 is 5.32 Å². The summed E-state index contributed by atoms with van der Waals surface area (Å²) in [5.74, 6) is 0.592. The second-order valence-electron chi connectivity index (χ2n) is 3.74. The van der Waals surface area contributed by atoms with Crippen molar-refractivity contribution in [2.75, 3.05) is 7.05 Å². The highest BCUT2D eigenvalue weighted by Crippen LogP contribution is 2.19. The Hall–Kier alpha value is -0.890. The summed E-state index contributed by atoms with van der Waals surface area (Å²) in [5, 5.41) is 3.30. The Morgan fingerprint density at radius 1 is 1.31 bits per heavy atom. The van der Waals surface area contributed by atoms with E-state index in [0.29, 0.717) is 12.0 Å². The molecule has 2 heteroatoms. The number of aromatic nitrogens is 1. The Labute approximate surface area is 80.4 Å². The van der Waals surface area contributed by atoms with Gasteiger partial charge in [-0.15, -0.1) is 0 Å². The third kappa shape index (κ3) is 2.52. The van der Waals surface area contributed by atoms with Gasteiger partial charge in [0.25, 0.3) is 0 Å². The quantitative estimate of drug-likeness (QED) is 0.768. The third-order valence-electron chi connectivity index (χ3n) is 2.27. The largest absolute Gasteiger partial charge is 0.313 e. The Morgan fingerprint density at radius 3 is 2.38 bits per heavy atom. The Morgan fingerprint density at radius 2 is 2.00 bits per heavy atom. The van der Waals surface area contributed by atoms with Gasteiger partial charge in [0.1, 0.15) is 0 Å². The average Bonchev–Trinajstić information content (AvgIpc) is 2.09. The molecule has 0 radical (unpaired) electrons. The SMILES string of the molecule is CNC(c1ccc(C)nc1)C(C)C. The molecule has 0 aliphatic carbocycles. The fraction of sp³-hybridized carbons (Fsp3) is 0.545. The normalized spacial score (nSPS) is 13.3. The van der Waals surface area contributed by atoms with Gasteiger partial charge >= 0.3 is 0 Å². The Kier molecular flexibility index (Phi) is 3.43. The van der Waals surface area contributed by atoms with Crippen LogP contribution in [-0.4, -0.2) is 12.0 Å². The molecule has 0 saturated heterocycles. The highest BCUT2D eigenvalue weighted by molar-refractivity contribution is 5.17. The van der Waals surface area contributed by atoms with E-state index in [9.17, 15) is 0 Å². The van der Waals surface area contributed by atoms with Crippen LogP contribution in [0.15, 0.2) is 18.3 Å². The molecule has 1 aromatic rings. The fourth-order valence-corrected chi connectivity index (χ4v) is 1.55. The van der Waals surface area contributed by atoms with Crippen LogP contribution in [0, 0.1) is 12.8 Å². The monoisotopic (exact) mass is 178 g/mol. The molecule has 0 aliphatic rings. The molecule has 0 saturated carbocycles. The summed E-state index contributed by atoms with van der Waals surface area (Å²) in [4.78, 5) is 4.29. The lowest BCUT2D eigenvalue weighted by Crippen LogP contribution is -2.21. The van der Waals surface area contributed by atoms with Gasteiger partial charge in [0, 0.05) is 17.9 Å². The first-order valence-electron chi connectivity index (χ1n) is 4.75. The van der Waals surface area contributed by atoms with Crippen molar-refractivity contribution < 1.29 is 0 Å². The molecule has 0 fully saturated rings. The standard InChI is InChI=1S/C11H18N2/c1-8(2)11(12-4)10-6-5-9(3)13-7-10/h5-8,11-12H,1-4H3. The molecule has 0 spiro atoms. The second kappa shape index (κ2) is 4.38. The summed E-state index contributed by atoms with van der Waals surface area (Å²) in [6.07, 6.45) is 1.95. The molecule has 1 rings (SSSR count). The van der Waals surface area contributed by atoms with Gasteiger partial charge in [0.2, 0.25) is 0 Å². The maximum absolute atomic E-state index is 4.29.